The molecule has 6 rings (SSSR count). The van der Waals surface area contributed by atoms with E-state index >= 15 is 0 Å². The fraction of sp³-hybridized carbons (Fsp3) is 0.588. The maximum absolute atomic E-state index is 5.09. The minimum absolute atomic E-state index is 0.739. The minimum Gasteiger partial charge on any atom is -0.352 e. The van der Waals surface area contributed by atoms with Crippen LogP contribution in [0.5, 0.6) is 0 Å². The molecule has 1 aromatic rings. The number of halogens is 1. The SMILES string of the molecule is Brc1ccc2c(c1)CN1C(=N2)C2CC3CC(C2)CC1C3. The minimum atomic E-state index is 0.739. The highest BCUT2D eigenvalue weighted by Crippen LogP contribution is 2.50. The molecule has 4 bridgehead atoms. The molecule has 2 unspecified atom stereocenters. The van der Waals surface area contributed by atoms with Gasteiger partial charge in [0.15, 0.2) is 0 Å². The zero-order valence-electron chi connectivity index (χ0n) is 11.6. The Kier molecular flexibility index (Phi) is 2.41. The van der Waals surface area contributed by atoms with Crippen LogP contribution in [-0.4, -0.2) is 16.8 Å². The number of amidine groups is 1. The van der Waals surface area contributed by atoms with Crippen molar-refractivity contribution in [3.05, 3.63) is 28.2 Å². The summed E-state index contributed by atoms with van der Waals surface area (Å²) in [5.41, 5.74) is 2.60. The van der Waals surface area contributed by atoms with Crippen molar-refractivity contribution >= 4 is 27.5 Å². The molecule has 5 aliphatic rings. The lowest BCUT2D eigenvalue weighted by Crippen LogP contribution is -2.41. The highest BCUT2D eigenvalue weighted by Gasteiger charge is 2.46. The van der Waals surface area contributed by atoms with Crippen molar-refractivity contribution < 1.29 is 0 Å². The molecule has 2 saturated heterocycles. The van der Waals surface area contributed by atoms with Gasteiger partial charge in [-0.2, -0.15) is 0 Å². The number of hydrogen-bond acceptors (Lipinski definition) is 2. The van der Waals surface area contributed by atoms with Crippen molar-refractivity contribution in [2.75, 3.05) is 0 Å². The topological polar surface area (TPSA) is 15.6 Å². The van der Waals surface area contributed by atoms with Gasteiger partial charge in [0.05, 0.1) is 5.69 Å². The van der Waals surface area contributed by atoms with Gasteiger partial charge >= 0.3 is 0 Å². The number of fused-ring (bicyclic) bond motifs is 1. The molecule has 4 fully saturated rings. The Morgan fingerprint density at radius 3 is 2.65 bits per heavy atom. The summed E-state index contributed by atoms with van der Waals surface area (Å²) >= 11 is 3.60. The van der Waals surface area contributed by atoms with Gasteiger partial charge in [-0.1, -0.05) is 15.9 Å². The third-order valence-corrected chi connectivity index (χ3v) is 6.32. The first-order valence-corrected chi connectivity index (χ1v) is 8.69. The van der Waals surface area contributed by atoms with E-state index in [1.807, 2.05) is 0 Å². The quantitative estimate of drug-likeness (QED) is 0.683. The van der Waals surface area contributed by atoms with Crippen molar-refractivity contribution in [3.8, 4) is 0 Å². The summed E-state index contributed by atoms with van der Waals surface area (Å²) in [5.74, 6) is 4.11. The molecule has 1 aromatic carbocycles. The molecule has 20 heavy (non-hydrogen) atoms. The van der Waals surface area contributed by atoms with E-state index in [2.05, 4.69) is 39.0 Å². The van der Waals surface area contributed by atoms with Gasteiger partial charge in [-0.3, -0.25) is 0 Å². The molecule has 3 heterocycles. The lowest BCUT2D eigenvalue weighted by Gasteiger charge is -2.39. The van der Waals surface area contributed by atoms with Gasteiger partial charge in [0.1, 0.15) is 5.84 Å². The number of rotatable bonds is 0. The monoisotopic (exact) mass is 330 g/mol. The van der Waals surface area contributed by atoms with Crippen LogP contribution in [-0.2, 0) is 6.54 Å². The summed E-state index contributed by atoms with van der Waals surface area (Å²) in [4.78, 5) is 7.75. The second-order valence-electron chi connectivity index (χ2n) is 7.13. The smallest absolute Gasteiger partial charge is 0.108 e. The summed E-state index contributed by atoms with van der Waals surface area (Å²) in [5, 5.41) is 0. The molecular formula is C17H19BrN2. The predicted octanol–water partition coefficient (Wildman–Crippen LogP) is 4.50. The molecule has 3 heteroatoms. The third kappa shape index (κ3) is 1.65. The zero-order chi connectivity index (χ0) is 13.3. The Labute approximate surface area is 128 Å². The Morgan fingerprint density at radius 2 is 1.85 bits per heavy atom. The lowest BCUT2D eigenvalue weighted by molar-refractivity contribution is 0.128. The van der Waals surface area contributed by atoms with Crippen LogP contribution < -0.4 is 0 Å². The summed E-state index contributed by atoms with van der Waals surface area (Å²) in [6, 6.07) is 7.32. The second-order valence-corrected chi connectivity index (χ2v) is 8.05. The van der Waals surface area contributed by atoms with E-state index in [-0.39, 0.29) is 0 Å². The van der Waals surface area contributed by atoms with E-state index in [1.165, 1.54) is 53.7 Å². The predicted molar refractivity (Wildman–Crippen MR) is 84.1 cm³/mol. The number of benzene rings is 1. The maximum atomic E-state index is 5.09. The number of nitrogens with zero attached hydrogens (tertiary/aromatic N) is 2. The molecule has 0 N–H and O–H groups in total. The fourth-order valence-electron chi connectivity index (χ4n) is 5.16. The van der Waals surface area contributed by atoms with Crippen LogP contribution >= 0.6 is 15.9 Å². The summed E-state index contributed by atoms with van der Waals surface area (Å²) in [6.07, 6.45) is 7.11. The van der Waals surface area contributed by atoms with Crippen LogP contribution in [0.2, 0.25) is 0 Å². The molecule has 2 atom stereocenters. The van der Waals surface area contributed by atoms with E-state index in [0.717, 1.165) is 30.3 Å². The second kappa shape index (κ2) is 4.09. The lowest BCUT2D eigenvalue weighted by atomic mass is 9.68. The van der Waals surface area contributed by atoms with Crippen LogP contribution in [0.3, 0.4) is 0 Å². The highest BCUT2D eigenvalue weighted by molar-refractivity contribution is 9.10. The fourth-order valence-corrected chi connectivity index (χ4v) is 5.57. The van der Waals surface area contributed by atoms with Crippen LogP contribution in [0.4, 0.5) is 5.69 Å². The van der Waals surface area contributed by atoms with E-state index in [0.29, 0.717) is 0 Å². The Bertz CT molecular complexity index is 595. The third-order valence-electron chi connectivity index (χ3n) is 5.83. The number of hydrogen-bond donors (Lipinski definition) is 0. The van der Waals surface area contributed by atoms with Gasteiger partial charge in [0.25, 0.3) is 0 Å². The Morgan fingerprint density at radius 1 is 1.05 bits per heavy atom. The first-order chi connectivity index (χ1) is 9.76. The van der Waals surface area contributed by atoms with Crippen LogP contribution in [0.25, 0.3) is 0 Å². The molecule has 0 aromatic heterocycles. The average Bonchev–Trinajstić information content (AvgIpc) is 2.59. The molecule has 0 radical (unpaired) electrons. The molecule has 104 valence electrons. The average molecular weight is 331 g/mol. The van der Waals surface area contributed by atoms with Crippen molar-refractivity contribution in [1.29, 1.82) is 0 Å². The highest BCUT2D eigenvalue weighted by atomic mass is 79.9. The van der Waals surface area contributed by atoms with Crippen molar-refractivity contribution in [3.63, 3.8) is 0 Å². The molecule has 2 nitrogen and oxygen atoms in total. The largest absolute Gasteiger partial charge is 0.352 e. The first kappa shape index (κ1) is 11.8. The van der Waals surface area contributed by atoms with E-state index in [9.17, 15) is 0 Å². The summed E-state index contributed by atoms with van der Waals surface area (Å²) in [6.45, 7) is 1.08. The van der Waals surface area contributed by atoms with Crippen LogP contribution in [0.1, 0.15) is 37.7 Å². The Balaban J connectivity index is 1.64. The van der Waals surface area contributed by atoms with Crippen molar-refractivity contribution in [2.45, 2.75) is 44.7 Å². The van der Waals surface area contributed by atoms with Crippen LogP contribution in [0.15, 0.2) is 27.7 Å². The van der Waals surface area contributed by atoms with Gasteiger partial charge in [-0.15, -0.1) is 0 Å². The summed E-state index contributed by atoms with van der Waals surface area (Å²) < 4.78 is 1.18. The van der Waals surface area contributed by atoms with Gasteiger partial charge < -0.3 is 4.90 Å². The van der Waals surface area contributed by atoms with Gasteiger partial charge in [0, 0.05) is 23.0 Å². The standard InChI is InChI=1S/C17H19BrN2/c18-14-1-2-16-13(8-14)9-20-15-6-10-3-11(7-15)5-12(4-10)17(20)19-16/h1-2,8,10-12,15H,3-7,9H2. The van der Waals surface area contributed by atoms with Crippen LogP contribution in [0, 0.1) is 17.8 Å². The van der Waals surface area contributed by atoms with E-state index in [4.69, 9.17) is 4.99 Å². The van der Waals surface area contributed by atoms with Gasteiger partial charge in [-0.05, 0) is 67.7 Å². The molecule has 0 amide bonds. The maximum Gasteiger partial charge on any atom is 0.108 e. The molecule has 3 aliphatic heterocycles. The van der Waals surface area contributed by atoms with Crippen molar-refractivity contribution in [2.24, 2.45) is 22.7 Å². The molecular weight excluding hydrogens is 312 g/mol. The first-order valence-electron chi connectivity index (χ1n) is 7.90. The van der Waals surface area contributed by atoms with Gasteiger partial charge in [-0.25, -0.2) is 4.99 Å². The molecule has 0 spiro atoms. The van der Waals surface area contributed by atoms with E-state index < -0.39 is 0 Å². The number of aliphatic imine (C=N–C) groups is 1. The zero-order valence-corrected chi connectivity index (χ0v) is 13.1. The normalized spacial score (nSPS) is 37.2. The molecule has 2 aliphatic carbocycles. The van der Waals surface area contributed by atoms with Gasteiger partial charge in [0.2, 0.25) is 0 Å². The summed E-state index contributed by atoms with van der Waals surface area (Å²) in [7, 11) is 0. The Hall–Kier alpha value is -0.830. The van der Waals surface area contributed by atoms with E-state index in [1.54, 1.807) is 0 Å². The molecule has 2 saturated carbocycles. The van der Waals surface area contributed by atoms with Crippen molar-refractivity contribution in [1.82, 2.24) is 4.90 Å².